The Balaban J connectivity index is 1.44. The second-order valence-corrected chi connectivity index (χ2v) is 7.51. The van der Waals surface area contributed by atoms with E-state index in [1.165, 1.54) is 12.1 Å². The minimum absolute atomic E-state index is 0.0152. The summed E-state index contributed by atoms with van der Waals surface area (Å²) in [6.07, 6.45) is 0. The zero-order chi connectivity index (χ0) is 21.8. The van der Waals surface area contributed by atoms with E-state index in [4.69, 9.17) is 32.7 Å². The highest BCUT2D eigenvalue weighted by molar-refractivity contribution is 6.35. The van der Waals surface area contributed by atoms with Crippen molar-refractivity contribution in [3.63, 3.8) is 0 Å². The van der Waals surface area contributed by atoms with Crippen LogP contribution in [-0.4, -0.2) is 27.9 Å². The van der Waals surface area contributed by atoms with E-state index in [1.54, 1.807) is 24.3 Å². The SMILES string of the molecule is O=[N+]([O-])c1ccc(OCCOc2nn(Cc3ccc(Cl)cc3Cl)c3ccccc23)cc1. The van der Waals surface area contributed by atoms with E-state index >= 15 is 0 Å². The Hall–Kier alpha value is -3.29. The van der Waals surface area contributed by atoms with E-state index in [0.717, 1.165) is 16.5 Å². The minimum atomic E-state index is -0.453. The third kappa shape index (κ3) is 4.90. The van der Waals surface area contributed by atoms with Crippen molar-refractivity contribution in [1.82, 2.24) is 9.78 Å². The highest BCUT2D eigenvalue weighted by atomic mass is 35.5. The van der Waals surface area contributed by atoms with Gasteiger partial charge in [-0.3, -0.25) is 14.8 Å². The van der Waals surface area contributed by atoms with Crippen LogP contribution >= 0.6 is 23.2 Å². The number of hydrogen-bond acceptors (Lipinski definition) is 5. The van der Waals surface area contributed by atoms with E-state index in [2.05, 4.69) is 5.10 Å². The van der Waals surface area contributed by atoms with E-state index in [0.29, 0.717) is 28.2 Å². The van der Waals surface area contributed by atoms with Gasteiger partial charge in [-0.05, 0) is 42.0 Å². The van der Waals surface area contributed by atoms with Crippen molar-refractivity contribution in [1.29, 1.82) is 0 Å². The molecular weight excluding hydrogens is 441 g/mol. The van der Waals surface area contributed by atoms with Crippen LogP contribution in [0, 0.1) is 10.1 Å². The fourth-order valence-electron chi connectivity index (χ4n) is 3.10. The lowest BCUT2D eigenvalue weighted by Gasteiger charge is -2.07. The molecule has 0 aliphatic carbocycles. The van der Waals surface area contributed by atoms with Crippen LogP contribution in [0.1, 0.15) is 5.56 Å². The van der Waals surface area contributed by atoms with Gasteiger partial charge < -0.3 is 9.47 Å². The lowest BCUT2D eigenvalue weighted by Crippen LogP contribution is -2.10. The third-order valence-electron chi connectivity index (χ3n) is 4.60. The molecule has 0 aliphatic heterocycles. The molecule has 158 valence electrons. The summed E-state index contributed by atoms with van der Waals surface area (Å²) in [7, 11) is 0. The molecule has 1 heterocycles. The normalized spacial score (nSPS) is 10.9. The van der Waals surface area contributed by atoms with Gasteiger partial charge in [0.2, 0.25) is 5.88 Å². The summed E-state index contributed by atoms with van der Waals surface area (Å²) in [6.45, 7) is 1.00. The second-order valence-electron chi connectivity index (χ2n) is 6.66. The maximum absolute atomic E-state index is 10.7. The Labute approximate surface area is 187 Å². The summed E-state index contributed by atoms with van der Waals surface area (Å²) in [4.78, 5) is 10.3. The van der Waals surface area contributed by atoms with Gasteiger partial charge in [-0.1, -0.05) is 41.4 Å². The summed E-state index contributed by atoms with van der Waals surface area (Å²) in [5.74, 6) is 1.02. The zero-order valence-electron chi connectivity index (χ0n) is 16.2. The maximum Gasteiger partial charge on any atom is 0.269 e. The van der Waals surface area contributed by atoms with Crippen LogP contribution in [0.5, 0.6) is 11.6 Å². The van der Waals surface area contributed by atoms with E-state index in [9.17, 15) is 10.1 Å². The van der Waals surface area contributed by atoms with E-state index in [-0.39, 0.29) is 18.9 Å². The first-order chi connectivity index (χ1) is 15.0. The number of nitro benzene ring substituents is 1. The van der Waals surface area contributed by atoms with Crippen molar-refractivity contribution in [2.75, 3.05) is 13.2 Å². The molecule has 0 N–H and O–H groups in total. The molecule has 9 heteroatoms. The lowest BCUT2D eigenvalue weighted by atomic mass is 10.2. The van der Waals surface area contributed by atoms with Crippen LogP contribution in [0.25, 0.3) is 10.9 Å². The number of nitro groups is 1. The fourth-order valence-corrected chi connectivity index (χ4v) is 3.57. The van der Waals surface area contributed by atoms with Gasteiger partial charge in [0.1, 0.15) is 19.0 Å². The smallest absolute Gasteiger partial charge is 0.269 e. The molecule has 0 bridgehead atoms. The van der Waals surface area contributed by atoms with Crippen LogP contribution < -0.4 is 9.47 Å². The molecule has 0 atom stereocenters. The van der Waals surface area contributed by atoms with E-state index in [1.807, 2.05) is 35.0 Å². The molecule has 3 aromatic carbocycles. The molecule has 0 unspecified atom stereocenters. The molecule has 0 fully saturated rings. The van der Waals surface area contributed by atoms with Crippen LogP contribution in [0.4, 0.5) is 5.69 Å². The quantitative estimate of drug-likeness (QED) is 0.191. The monoisotopic (exact) mass is 457 g/mol. The Morgan fingerprint density at radius 1 is 0.968 bits per heavy atom. The molecule has 7 nitrogen and oxygen atoms in total. The van der Waals surface area contributed by atoms with Crippen LogP contribution in [0.2, 0.25) is 10.0 Å². The predicted octanol–water partition coefficient (Wildman–Crippen LogP) is 5.76. The van der Waals surface area contributed by atoms with Gasteiger partial charge in [0.05, 0.1) is 22.4 Å². The van der Waals surface area contributed by atoms with Crippen molar-refractivity contribution in [3.05, 3.63) is 92.5 Å². The molecule has 0 aliphatic rings. The van der Waals surface area contributed by atoms with Crippen molar-refractivity contribution in [2.24, 2.45) is 0 Å². The largest absolute Gasteiger partial charge is 0.490 e. The maximum atomic E-state index is 10.7. The van der Waals surface area contributed by atoms with Gasteiger partial charge >= 0.3 is 0 Å². The molecule has 1 aromatic heterocycles. The van der Waals surface area contributed by atoms with Gasteiger partial charge in [0.25, 0.3) is 5.69 Å². The molecule has 0 spiro atoms. The lowest BCUT2D eigenvalue weighted by molar-refractivity contribution is -0.384. The highest BCUT2D eigenvalue weighted by Crippen LogP contribution is 2.28. The van der Waals surface area contributed by atoms with Crippen LogP contribution in [0.3, 0.4) is 0 Å². The molecular formula is C22H17Cl2N3O4. The zero-order valence-corrected chi connectivity index (χ0v) is 17.7. The molecule has 4 aromatic rings. The number of aromatic nitrogens is 2. The van der Waals surface area contributed by atoms with Gasteiger partial charge in [0, 0.05) is 22.2 Å². The number of rotatable bonds is 8. The van der Waals surface area contributed by atoms with E-state index < -0.39 is 4.92 Å². The number of non-ortho nitro benzene ring substituents is 1. The average molecular weight is 458 g/mol. The summed E-state index contributed by atoms with van der Waals surface area (Å²) >= 11 is 12.3. The molecule has 0 saturated heterocycles. The standard InChI is InChI=1S/C22H17Cl2N3O4/c23-16-6-5-15(20(24)13-16)14-26-21-4-2-1-3-19(21)22(25-26)31-12-11-30-18-9-7-17(8-10-18)27(28)29/h1-10,13H,11-12,14H2. The van der Waals surface area contributed by atoms with Crippen molar-refractivity contribution < 1.29 is 14.4 Å². The van der Waals surface area contributed by atoms with Crippen LogP contribution in [0.15, 0.2) is 66.7 Å². The van der Waals surface area contributed by atoms with Gasteiger partial charge in [-0.15, -0.1) is 5.10 Å². The van der Waals surface area contributed by atoms with Crippen molar-refractivity contribution in [3.8, 4) is 11.6 Å². The summed E-state index contributed by atoms with van der Waals surface area (Å²) in [5, 5.41) is 17.3. The summed E-state index contributed by atoms with van der Waals surface area (Å²) < 4.78 is 13.3. The minimum Gasteiger partial charge on any atom is -0.490 e. The predicted molar refractivity (Wildman–Crippen MR) is 119 cm³/mol. The number of fused-ring (bicyclic) bond motifs is 1. The summed E-state index contributed by atoms with van der Waals surface area (Å²) in [6, 6.07) is 19.0. The molecule has 0 saturated carbocycles. The Bertz CT molecular complexity index is 1230. The number of ether oxygens (including phenoxy) is 2. The Kier molecular flexibility index (Phi) is 6.25. The van der Waals surface area contributed by atoms with Gasteiger partial charge in [-0.2, -0.15) is 0 Å². The first-order valence-electron chi connectivity index (χ1n) is 9.41. The van der Waals surface area contributed by atoms with Crippen LogP contribution in [-0.2, 0) is 6.54 Å². The fraction of sp³-hybridized carbons (Fsp3) is 0.136. The topological polar surface area (TPSA) is 79.4 Å². The first kappa shape index (κ1) is 21.0. The Morgan fingerprint density at radius 2 is 1.71 bits per heavy atom. The number of para-hydroxylation sites is 1. The number of benzene rings is 3. The third-order valence-corrected chi connectivity index (χ3v) is 5.18. The average Bonchev–Trinajstić information content (AvgIpc) is 3.11. The molecule has 4 rings (SSSR count). The van der Waals surface area contributed by atoms with Crippen molar-refractivity contribution in [2.45, 2.75) is 6.54 Å². The first-order valence-corrected chi connectivity index (χ1v) is 10.2. The number of nitrogens with zero attached hydrogens (tertiary/aromatic N) is 3. The van der Waals surface area contributed by atoms with Gasteiger partial charge in [0.15, 0.2) is 0 Å². The molecule has 0 amide bonds. The van der Waals surface area contributed by atoms with Crippen molar-refractivity contribution >= 4 is 39.8 Å². The molecule has 0 radical (unpaired) electrons. The highest BCUT2D eigenvalue weighted by Gasteiger charge is 2.13. The van der Waals surface area contributed by atoms with Gasteiger partial charge in [-0.25, -0.2) is 0 Å². The number of hydrogen-bond donors (Lipinski definition) is 0. The molecule has 31 heavy (non-hydrogen) atoms. The second kappa shape index (κ2) is 9.24. The number of halogens is 2. The summed E-state index contributed by atoms with van der Waals surface area (Å²) in [5.41, 5.74) is 1.83. The Morgan fingerprint density at radius 3 is 2.45 bits per heavy atom.